The lowest BCUT2D eigenvalue weighted by atomic mass is 9.99. The van der Waals surface area contributed by atoms with Crippen LogP contribution in [-0.4, -0.2) is 9.55 Å². The third kappa shape index (κ3) is 3.28. The minimum absolute atomic E-state index is 0.595. The van der Waals surface area contributed by atoms with E-state index in [1.165, 1.54) is 10.8 Å². The van der Waals surface area contributed by atoms with Gasteiger partial charge in [0.15, 0.2) is 0 Å². The van der Waals surface area contributed by atoms with Crippen molar-refractivity contribution in [3.8, 4) is 34.1 Å². The third-order valence-corrected chi connectivity index (χ3v) is 7.68. The summed E-state index contributed by atoms with van der Waals surface area (Å²) in [5.74, 6) is 0. The molecule has 186 valence electrons. The molecule has 0 fully saturated rings. The van der Waals surface area contributed by atoms with Crippen molar-refractivity contribution in [2.75, 3.05) is 0 Å². The summed E-state index contributed by atoms with van der Waals surface area (Å²) in [6, 6.07) is 43.8. The van der Waals surface area contributed by atoms with E-state index in [9.17, 15) is 5.26 Å². The molecule has 0 radical (unpaired) electrons. The Bertz CT molecular complexity index is 2300. The van der Waals surface area contributed by atoms with Gasteiger partial charge in [-0.3, -0.25) is 4.98 Å². The van der Waals surface area contributed by atoms with Crippen LogP contribution in [0, 0.1) is 11.3 Å². The van der Waals surface area contributed by atoms with Crippen molar-refractivity contribution in [2.45, 2.75) is 0 Å². The second-order valence-electron chi connectivity index (χ2n) is 9.93. The molecular formula is C36H21N3O. The highest BCUT2D eigenvalue weighted by Gasteiger charge is 2.20. The number of hydrogen-bond acceptors (Lipinski definition) is 3. The van der Waals surface area contributed by atoms with Crippen LogP contribution in [0.4, 0.5) is 0 Å². The number of nitrogens with zero attached hydrogens (tertiary/aromatic N) is 3. The molecule has 40 heavy (non-hydrogen) atoms. The van der Waals surface area contributed by atoms with Gasteiger partial charge in [-0.15, -0.1) is 0 Å². The van der Waals surface area contributed by atoms with E-state index in [4.69, 9.17) is 4.42 Å². The number of aromatic nitrogens is 2. The molecule has 0 aliphatic rings. The van der Waals surface area contributed by atoms with Gasteiger partial charge >= 0.3 is 0 Å². The Balaban J connectivity index is 1.45. The van der Waals surface area contributed by atoms with Crippen LogP contribution in [0.2, 0.25) is 0 Å². The molecule has 8 rings (SSSR count). The standard InChI is InChI=1S/C36H21N3O/c37-22-23-18-19-38-30(20-23)25-9-7-8-24(21-25)26-10-1-4-13-31(26)39-32-14-5-2-11-27(32)28-16-17-34-35(36(28)39)29-12-3-6-15-33(29)40-34/h1-21H. The molecule has 5 aromatic carbocycles. The minimum Gasteiger partial charge on any atom is -0.456 e. The second kappa shape index (κ2) is 8.69. The number of para-hydroxylation sites is 3. The van der Waals surface area contributed by atoms with Crippen molar-refractivity contribution >= 4 is 43.7 Å². The zero-order valence-electron chi connectivity index (χ0n) is 21.4. The molecule has 0 amide bonds. The predicted octanol–water partition coefficient (Wildman–Crippen LogP) is 9.28. The number of benzene rings is 5. The maximum Gasteiger partial charge on any atom is 0.137 e. The first-order chi connectivity index (χ1) is 19.8. The van der Waals surface area contributed by atoms with Crippen LogP contribution >= 0.6 is 0 Å². The second-order valence-corrected chi connectivity index (χ2v) is 9.93. The molecule has 0 unspecified atom stereocenters. The van der Waals surface area contributed by atoms with Crippen LogP contribution in [0.1, 0.15) is 5.56 Å². The maximum absolute atomic E-state index is 9.40. The van der Waals surface area contributed by atoms with Crippen molar-refractivity contribution in [3.05, 3.63) is 133 Å². The fourth-order valence-electron chi connectivity index (χ4n) is 5.93. The van der Waals surface area contributed by atoms with E-state index in [0.717, 1.165) is 61.0 Å². The first-order valence-corrected chi connectivity index (χ1v) is 13.2. The normalized spacial score (nSPS) is 11.5. The maximum atomic E-state index is 9.40. The Morgan fingerprint density at radius 2 is 1.45 bits per heavy atom. The van der Waals surface area contributed by atoms with Gasteiger partial charge in [0.05, 0.1) is 39.4 Å². The minimum atomic E-state index is 0.595. The van der Waals surface area contributed by atoms with Crippen LogP contribution in [0.15, 0.2) is 132 Å². The molecule has 4 nitrogen and oxygen atoms in total. The Morgan fingerprint density at radius 1 is 0.650 bits per heavy atom. The molecule has 0 N–H and O–H groups in total. The van der Waals surface area contributed by atoms with Gasteiger partial charge in [-0.1, -0.05) is 72.8 Å². The molecule has 0 atom stereocenters. The third-order valence-electron chi connectivity index (χ3n) is 7.68. The van der Waals surface area contributed by atoms with E-state index in [2.05, 4.69) is 107 Å². The summed E-state index contributed by atoms with van der Waals surface area (Å²) >= 11 is 0. The van der Waals surface area contributed by atoms with Crippen molar-refractivity contribution in [2.24, 2.45) is 0 Å². The average molecular weight is 512 g/mol. The number of nitriles is 1. The van der Waals surface area contributed by atoms with Crippen molar-refractivity contribution < 1.29 is 4.42 Å². The summed E-state index contributed by atoms with van der Waals surface area (Å²) in [5, 5.41) is 14.0. The largest absolute Gasteiger partial charge is 0.456 e. The fraction of sp³-hybridized carbons (Fsp3) is 0. The molecule has 0 aliphatic heterocycles. The molecule has 0 spiro atoms. The van der Waals surface area contributed by atoms with Crippen molar-refractivity contribution in [1.29, 1.82) is 5.26 Å². The fourth-order valence-corrected chi connectivity index (χ4v) is 5.93. The molecule has 3 aromatic heterocycles. The van der Waals surface area contributed by atoms with E-state index >= 15 is 0 Å². The topological polar surface area (TPSA) is 54.8 Å². The van der Waals surface area contributed by atoms with Gasteiger partial charge in [0.25, 0.3) is 0 Å². The highest BCUT2D eigenvalue weighted by atomic mass is 16.3. The van der Waals surface area contributed by atoms with Gasteiger partial charge in [-0.25, -0.2) is 0 Å². The van der Waals surface area contributed by atoms with E-state index in [-0.39, 0.29) is 0 Å². The van der Waals surface area contributed by atoms with Crippen LogP contribution in [0.3, 0.4) is 0 Å². The van der Waals surface area contributed by atoms with Crippen LogP contribution in [-0.2, 0) is 0 Å². The molecule has 8 aromatic rings. The number of rotatable bonds is 3. The van der Waals surface area contributed by atoms with Gasteiger partial charge in [-0.2, -0.15) is 5.26 Å². The van der Waals surface area contributed by atoms with E-state index in [0.29, 0.717) is 5.56 Å². The summed E-state index contributed by atoms with van der Waals surface area (Å²) in [6.45, 7) is 0. The Labute approximate surface area is 230 Å². The molecular weight excluding hydrogens is 490 g/mol. The van der Waals surface area contributed by atoms with Crippen LogP contribution in [0.25, 0.3) is 71.8 Å². The monoisotopic (exact) mass is 511 g/mol. The number of pyridine rings is 1. The van der Waals surface area contributed by atoms with Gasteiger partial charge in [0, 0.05) is 33.5 Å². The lowest BCUT2D eigenvalue weighted by Crippen LogP contribution is -1.97. The Morgan fingerprint density at radius 3 is 2.38 bits per heavy atom. The Kier molecular flexibility index (Phi) is 4.85. The first kappa shape index (κ1) is 22.3. The summed E-state index contributed by atoms with van der Waals surface area (Å²) in [7, 11) is 0. The van der Waals surface area contributed by atoms with Crippen LogP contribution in [0.5, 0.6) is 0 Å². The summed E-state index contributed by atoms with van der Waals surface area (Å²) in [4.78, 5) is 4.54. The molecule has 0 bridgehead atoms. The number of fused-ring (bicyclic) bond motifs is 7. The highest BCUT2D eigenvalue weighted by Crippen LogP contribution is 2.42. The molecule has 4 heteroatoms. The van der Waals surface area contributed by atoms with E-state index < -0.39 is 0 Å². The van der Waals surface area contributed by atoms with Crippen molar-refractivity contribution in [1.82, 2.24) is 9.55 Å². The zero-order valence-corrected chi connectivity index (χ0v) is 21.4. The highest BCUT2D eigenvalue weighted by molar-refractivity contribution is 6.24. The smallest absolute Gasteiger partial charge is 0.137 e. The number of hydrogen-bond donors (Lipinski definition) is 0. The lowest BCUT2D eigenvalue weighted by Gasteiger charge is -2.15. The molecule has 0 aliphatic carbocycles. The van der Waals surface area contributed by atoms with Crippen molar-refractivity contribution in [3.63, 3.8) is 0 Å². The van der Waals surface area contributed by atoms with Gasteiger partial charge in [0.2, 0.25) is 0 Å². The SMILES string of the molecule is N#Cc1ccnc(-c2cccc(-c3ccccc3-n3c4ccccc4c4ccc5oc6ccccc6c5c43)c2)c1. The number of furan rings is 1. The summed E-state index contributed by atoms with van der Waals surface area (Å²) in [6.07, 6.45) is 1.69. The Hall–Kier alpha value is -5.66. The van der Waals surface area contributed by atoms with Gasteiger partial charge in [0.1, 0.15) is 11.2 Å². The quantitative estimate of drug-likeness (QED) is 0.237. The first-order valence-electron chi connectivity index (χ1n) is 13.2. The summed E-state index contributed by atoms with van der Waals surface area (Å²) < 4.78 is 8.68. The zero-order chi connectivity index (χ0) is 26.6. The average Bonchev–Trinajstić information content (AvgIpc) is 3.57. The molecule has 0 saturated heterocycles. The molecule has 3 heterocycles. The summed E-state index contributed by atoms with van der Waals surface area (Å²) in [5.41, 5.74) is 9.64. The predicted molar refractivity (Wildman–Crippen MR) is 161 cm³/mol. The molecule has 0 saturated carbocycles. The van der Waals surface area contributed by atoms with Gasteiger partial charge in [-0.05, 0) is 54.1 Å². The van der Waals surface area contributed by atoms with Gasteiger partial charge < -0.3 is 8.98 Å². The van der Waals surface area contributed by atoms with E-state index in [1.807, 2.05) is 24.3 Å². The van der Waals surface area contributed by atoms with E-state index in [1.54, 1.807) is 12.3 Å². The lowest BCUT2D eigenvalue weighted by molar-refractivity contribution is 0.669. The van der Waals surface area contributed by atoms with Crippen LogP contribution < -0.4 is 0 Å².